The summed E-state index contributed by atoms with van der Waals surface area (Å²) in [5.74, 6) is 1.46. The first kappa shape index (κ1) is 22.1. The number of sulfonamides is 1. The summed E-state index contributed by atoms with van der Waals surface area (Å²) in [7, 11) is -0.215. The maximum absolute atomic E-state index is 12.1. The minimum absolute atomic E-state index is 0. The molecule has 7 nitrogen and oxygen atoms in total. The van der Waals surface area contributed by atoms with Gasteiger partial charge >= 0.3 is 0 Å². The highest BCUT2D eigenvalue weighted by atomic mass is 127. The summed E-state index contributed by atoms with van der Waals surface area (Å²) in [5, 5.41) is 6.58. The van der Waals surface area contributed by atoms with Crippen molar-refractivity contribution in [3.05, 3.63) is 29.8 Å². The number of aliphatic imine (C=N–C) groups is 1. The number of ether oxygens (including phenoxy) is 1. The fourth-order valence-corrected chi connectivity index (χ4v) is 3.24. The van der Waals surface area contributed by atoms with Crippen molar-refractivity contribution < 1.29 is 13.2 Å². The maximum Gasteiger partial charge on any atom is 0.240 e. The lowest BCUT2D eigenvalue weighted by molar-refractivity contribution is 0.204. The van der Waals surface area contributed by atoms with Gasteiger partial charge in [0.2, 0.25) is 10.0 Å². The number of halogens is 1. The molecule has 1 aliphatic carbocycles. The third-order valence-corrected chi connectivity index (χ3v) is 5.42. The zero-order chi connectivity index (χ0) is 17.6. The third kappa shape index (κ3) is 7.08. The first-order valence-electron chi connectivity index (χ1n) is 8.01. The Balaban J connectivity index is 0.00000312. The lowest BCUT2D eigenvalue weighted by Gasteiger charge is -2.12. The molecule has 0 aliphatic heterocycles. The van der Waals surface area contributed by atoms with Gasteiger partial charge in [-0.25, -0.2) is 13.1 Å². The van der Waals surface area contributed by atoms with Gasteiger partial charge in [-0.1, -0.05) is 19.1 Å². The second-order valence-electron chi connectivity index (χ2n) is 5.92. The molecule has 1 aromatic carbocycles. The molecule has 1 aliphatic rings. The van der Waals surface area contributed by atoms with Crippen LogP contribution in [0.3, 0.4) is 0 Å². The van der Waals surface area contributed by atoms with E-state index in [0.29, 0.717) is 25.1 Å². The van der Waals surface area contributed by atoms with E-state index in [1.54, 1.807) is 31.3 Å². The predicted molar refractivity (Wildman–Crippen MR) is 110 cm³/mol. The van der Waals surface area contributed by atoms with E-state index in [1.807, 2.05) is 0 Å². The van der Waals surface area contributed by atoms with E-state index in [-0.39, 0.29) is 35.4 Å². The quantitative estimate of drug-likeness (QED) is 0.225. The summed E-state index contributed by atoms with van der Waals surface area (Å²) in [6.07, 6.45) is 1.17. The van der Waals surface area contributed by atoms with E-state index in [2.05, 4.69) is 27.3 Å². The number of rotatable bonds is 8. The molecule has 1 saturated carbocycles. The largest absolute Gasteiger partial charge is 0.383 e. The second-order valence-corrected chi connectivity index (χ2v) is 7.69. The maximum atomic E-state index is 12.1. The molecule has 2 rings (SSSR count). The molecule has 1 aromatic rings. The van der Waals surface area contributed by atoms with Crippen LogP contribution in [-0.4, -0.2) is 47.7 Å². The first-order chi connectivity index (χ1) is 11.5. The minimum Gasteiger partial charge on any atom is -0.383 e. The van der Waals surface area contributed by atoms with Gasteiger partial charge in [0.25, 0.3) is 0 Å². The van der Waals surface area contributed by atoms with Crippen LogP contribution in [0.25, 0.3) is 0 Å². The van der Waals surface area contributed by atoms with Gasteiger partial charge in [-0.15, -0.1) is 24.0 Å². The van der Waals surface area contributed by atoms with Crippen molar-refractivity contribution in [2.24, 2.45) is 10.9 Å². The van der Waals surface area contributed by atoms with Crippen LogP contribution in [0.5, 0.6) is 0 Å². The molecular formula is C16H27IN4O3S. The molecular weight excluding hydrogens is 455 g/mol. The number of nitrogens with one attached hydrogen (secondary N) is 3. The van der Waals surface area contributed by atoms with E-state index in [0.717, 1.165) is 11.5 Å². The Kier molecular flexibility index (Phi) is 9.11. The molecule has 0 amide bonds. The minimum atomic E-state index is -3.49. The Morgan fingerprint density at radius 1 is 1.32 bits per heavy atom. The van der Waals surface area contributed by atoms with Crippen molar-refractivity contribution in [1.29, 1.82) is 0 Å². The standard InChI is InChI=1S/C16H26N4O3S.HI/c1-12-10-15(12)20-16(17-2)18-11-13-4-6-14(7-5-13)24(21,22)19-8-9-23-3;/h4-7,12,15,19H,8-11H2,1-3H3,(H2,17,18,20);1H. The Morgan fingerprint density at radius 2 is 1.96 bits per heavy atom. The Hall–Kier alpha value is -0.910. The zero-order valence-electron chi connectivity index (χ0n) is 14.8. The third-order valence-electron chi connectivity index (χ3n) is 3.95. The van der Waals surface area contributed by atoms with Crippen molar-refractivity contribution in [1.82, 2.24) is 15.4 Å². The van der Waals surface area contributed by atoms with Gasteiger partial charge in [0, 0.05) is 33.3 Å². The van der Waals surface area contributed by atoms with Gasteiger partial charge in [0.05, 0.1) is 11.5 Å². The highest BCUT2D eigenvalue weighted by Gasteiger charge is 2.33. The molecule has 25 heavy (non-hydrogen) atoms. The molecule has 142 valence electrons. The van der Waals surface area contributed by atoms with E-state index in [1.165, 1.54) is 13.5 Å². The van der Waals surface area contributed by atoms with Crippen LogP contribution in [0.4, 0.5) is 0 Å². The number of benzene rings is 1. The molecule has 2 unspecified atom stereocenters. The lowest BCUT2D eigenvalue weighted by Crippen LogP contribution is -2.38. The highest BCUT2D eigenvalue weighted by Crippen LogP contribution is 2.28. The lowest BCUT2D eigenvalue weighted by atomic mass is 10.2. The summed E-state index contributed by atoms with van der Waals surface area (Å²) < 4.78 is 31.5. The van der Waals surface area contributed by atoms with Crippen LogP contribution in [0.15, 0.2) is 34.2 Å². The summed E-state index contributed by atoms with van der Waals surface area (Å²) >= 11 is 0. The van der Waals surface area contributed by atoms with Gasteiger partial charge in [-0.05, 0) is 30.0 Å². The van der Waals surface area contributed by atoms with Crippen LogP contribution >= 0.6 is 24.0 Å². The topological polar surface area (TPSA) is 91.8 Å². The molecule has 0 bridgehead atoms. The van der Waals surface area contributed by atoms with Crippen LogP contribution in [0.1, 0.15) is 18.9 Å². The van der Waals surface area contributed by atoms with Crippen molar-refractivity contribution in [3.63, 3.8) is 0 Å². The number of nitrogens with zero attached hydrogens (tertiary/aromatic N) is 1. The zero-order valence-corrected chi connectivity index (χ0v) is 17.9. The van der Waals surface area contributed by atoms with Gasteiger partial charge in [0.1, 0.15) is 0 Å². The molecule has 0 spiro atoms. The van der Waals surface area contributed by atoms with Crippen LogP contribution in [-0.2, 0) is 21.3 Å². The van der Waals surface area contributed by atoms with E-state index in [4.69, 9.17) is 4.74 Å². The van der Waals surface area contributed by atoms with E-state index < -0.39 is 10.0 Å². The average Bonchev–Trinajstić information content (AvgIpc) is 3.27. The first-order valence-corrected chi connectivity index (χ1v) is 9.49. The van der Waals surface area contributed by atoms with Gasteiger partial charge in [0.15, 0.2) is 5.96 Å². The molecule has 3 N–H and O–H groups in total. The van der Waals surface area contributed by atoms with Crippen molar-refractivity contribution in [3.8, 4) is 0 Å². The highest BCUT2D eigenvalue weighted by molar-refractivity contribution is 14.0. The van der Waals surface area contributed by atoms with Crippen LogP contribution in [0, 0.1) is 5.92 Å². The smallest absolute Gasteiger partial charge is 0.240 e. The molecule has 2 atom stereocenters. The number of guanidine groups is 1. The monoisotopic (exact) mass is 482 g/mol. The summed E-state index contributed by atoms with van der Waals surface area (Å²) in [5.41, 5.74) is 0.984. The normalized spacial score (nSPS) is 19.9. The fraction of sp³-hybridized carbons (Fsp3) is 0.562. The van der Waals surface area contributed by atoms with Gasteiger partial charge in [-0.3, -0.25) is 4.99 Å². The molecule has 0 aromatic heterocycles. The van der Waals surface area contributed by atoms with Crippen LogP contribution < -0.4 is 15.4 Å². The summed E-state index contributed by atoms with van der Waals surface area (Å²) in [6, 6.07) is 7.30. The van der Waals surface area contributed by atoms with Crippen molar-refractivity contribution in [2.45, 2.75) is 30.8 Å². The number of hydrogen-bond acceptors (Lipinski definition) is 4. The second kappa shape index (κ2) is 10.3. The Labute approximate surface area is 167 Å². The van der Waals surface area contributed by atoms with Crippen molar-refractivity contribution >= 4 is 40.0 Å². The van der Waals surface area contributed by atoms with Crippen molar-refractivity contribution in [2.75, 3.05) is 27.3 Å². The van der Waals surface area contributed by atoms with E-state index >= 15 is 0 Å². The SMILES string of the molecule is CN=C(NCc1ccc(S(=O)(=O)NCCOC)cc1)NC1CC1C.I. The van der Waals surface area contributed by atoms with Crippen LogP contribution in [0.2, 0.25) is 0 Å². The Morgan fingerprint density at radius 3 is 2.48 bits per heavy atom. The van der Waals surface area contributed by atoms with Gasteiger partial charge in [-0.2, -0.15) is 0 Å². The predicted octanol–water partition coefficient (Wildman–Crippen LogP) is 1.30. The molecule has 0 heterocycles. The fourth-order valence-electron chi connectivity index (χ4n) is 2.23. The molecule has 1 fully saturated rings. The summed E-state index contributed by atoms with van der Waals surface area (Å²) in [6.45, 7) is 3.37. The number of methoxy groups -OCH3 is 1. The average molecular weight is 482 g/mol. The van der Waals surface area contributed by atoms with Gasteiger partial charge < -0.3 is 15.4 Å². The molecule has 0 radical (unpaired) electrons. The summed E-state index contributed by atoms with van der Waals surface area (Å²) in [4.78, 5) is 4.44. The molecule has 9 heteroatoms. The Bertz CT molecular complexity index is 664. The number of hydrogen-bond donors (Lipinski definition) is 3. The molecule has 0 saturated heterocycles. The van der Waals surface area contributed by atoms with E-state index in [9.17, 15) is 8.42 Å².